The van der Waals surface area contributed by atoms with E-state index in [-0.39, 0.29) is 18.4 Å². The number of amides is 1. The first-order chi connectivity index (χ1) is 14.1. The van der Waals surface area contributed by atoms with Crippen molar-refractivity contribution in [1.82, 2.24) is 0 Å². The Morgan fingerprint density at radius 2 is 1.83 bits per heavy atom. The van der Waals surface area contributed by atoms with Gasteiger partial charge in [-0.05, 0) is 55.6 Å². The monoisotopic (exact) mass is 415 g/mol. The van der Waals surface area contributed by atoms with Crippen LogP contribution in [0, 0.1) is 0 Å². The van der Waals surface area contributed by atoms with E-state index in [0.29, 0.717) is 16.5 Å². The lowest BCUT2D eigenvalue weighted by Gasteiger charge is -2.11. The molecule has 0 spiro atoms. The molecule has 2 heterocycles. The number of aromatic nitrogens is 1. The number of hydrogen-bond donors (Lipinski definition) is 1. The molecule has 0 unspecified atom stereocenters. The van der Waals surface area contributed by atoms with E-state index in [2.05, 4.69) is 31.3 Å². The molecule has 0 aromatic carbocycles. The summed E-state index contributed by atoms with van der Waals surface area (Å²) in [6.45, 7) is 4.61. The molecule has 29 heavy (non-hydrogen) atoms. The number of carbonyl (C=O) groups is 2. The third kappa shape index (κ3) is 5.04. The van der Waals surface area contributed by atoms with E-state index in [0.717, 1.165) is 44.1 Å². The van der Waals surface area contributed by atoms with Crippen molar-refractivity contribution in [2.45, 2.75) is 71.3 Å². The van der Waals surface area contributed by atoms with E-state index < -0.39 is 0 Å². The molecule has 1 amide bonds. The second-order valence-electron chi connectivity index (χ2n) is 7.63. The first kappa shape index (κ1) is 21.5. The fraction of sp³-hybridized carbons (Fsp3) is 0.522. The number of thiophene rings is 1. The van der Waals surface area contributed by atoms with Crippen molar-refractivity contribution in [2.75, 3.05) is 12.4 Å². The Hall–Kier alpha value is -2.21. The van der Waals surface area contributed by atoms with Gasteiger partial charge in [-0.1, -0.05) is 20.3 Å². The van der Waals surface area contributed by atoms with Crippen LogP contribution in [0.25, 0.3) is 0 Å². The van der Waals surface area contributed by atoms with Crippen LogP contribution in [-0.4, -0.2) is 19.0 Å². The molecular weight excluding hydrogens is 384 g/mol. The Morgan fingerprint density at radius 1 is 1.14 bits per heavy atom. The number of rotatable bonds is 7. The van der Waals surface area contributed by atoms with Crippen LogP contribution in [0.4, 0.5) is 5.00 Å². The zero-order chi connectivity index (χ0) is 20.8. The fourth-order valence-electron chi connectivity index (χ4n) is 4.09. The summed E-state index contributed by atoms with van der Waals surface area (Å²) in [4.78, 5) is 26.3. The second kappa shape index (κ2) is 10.0. The van der Waals surface area contributed by atoms with Gasteiger partial charge >= 0.3 is 5.97 Å². The third-order valence-corrected chi connectivity index (χ3v) is 6.97. The SMILES string of the molecule is CCC(CC)c1cc[n+](CC(=O)Nc2sc3c(c2C(=O)OC)CCCCC3)cc1. The molecule has 2 aromatic rings. The number of ether oxygens (including phenoxy) is 1. The van der Waals surface area contributed by atoms with E-state index in [1.807, 2.05) is 17.0 Å². The topological polar surface area (TPSA) is 59.3 Å². The molecule has 0 aliphatic heterocycles. The molecule has 156 valence electrons. The number of fused-ring (bicyclic) bond motifs is 1. The molecule has 5 nitrogen and oxygen atoms in total. The second-order valence-corrected chi connectivity index (χ2v) is 8.73. The summed E-state index contributed by atoms with van der Waals surface area (Å²) in [5.41, 5.74) is 2.93. The highest BCUT2D eigenvalue weighted by atomic mass is 32.1. The van der Waals surface area contributed by atoms with E-state index >= 15 is 0 Å². The molecule has 1 N–H and O–H groups in total. The van der Waals surface area contributed by atoms with E-state index in [1.54, 1.807) is 0 Å². The summed E-state index contributed by atoms with van der Waals surface area (Å²) in [6, 6.07) is 4.19. The molecule has 0 saturated heterocycles. The smallest absolute Gasteiger partial charge is 0.341 e. The summed E-state index contributed by atoms with van der Waals surface area (Å²) >= 11 is 1.53. The van der Waals surface area contributed by atoms with Gasteiger partial charge in [0, 0.05) is 17.0 Å². The molecule has 0 saturated carbocycles. The number of aryl methyl sites for hydroxylation is 1. The van der Waals surface area contributed by atoms with Gasteiger partial charge in [0.1, 0.15) is 5.00 Å². The highest BCUT2D eigenvalue weighted by Crippen LogP contribution is 2.37. The van der Waals surface area contributed by atoms with Gasteiger partial charge in [0.15, 0.2) is 12.4 Å². The van der Waals surface area contributed by atoms with Crippen LogP contribution < -0.4 is 9.88 Å². The van der Waals surface area contributed by atoms with Gasteiger partial charge in [0.2, 0.25) is 6.54 Å². The Kier molecular flexibility index (Phi) is 7.42. The Bertz CT molecular complexity index is 854. The third-order valence-electron chi connectivity index (χ3n) is 5.76. The largest absolute Gasteiger partial charge is 0.465 e. The van der Waals surface area contributed by atoms with Gasteiger partial charge in [-0.2, -0.15) is 4.57 Å². The average Bonchev–Trinajstić information content (AvgIpc) is 2.90. The van der Waals surface area contributed by atoms with Crippen LogP contribution in [0.2, 0.25) is 0 Å². The van der Waals surface area contributed by atoms with Crippen molar-refractivity contribution < 1.29 is 18.9 Å². The fourth-order valence-corrected chi connectivity index (χ4v) is 5.38. The molecule has 0 fully saturated rings. The summed E-state index contributed by atoms with van der Waals surface area (Å²) in [5, 5.41) is 3.60. The number of carbonyl (C=O) groups excluding carboxylic acids is 2. The Morgan fingerprint density at radius 3 is 2.48 bits per heavy atom. The lowest BCUT2D eigenvalue weighted by Crippen LogP contribution is -2.39. The molecule has 1 aliphatic rings. The van der Waals surface area contributed by atoms with Crippen LogP contribution >= 0.6 is 11.3 Å². The first-order valence-corrected chi connectivity index (χ1v) is 11.4. The van der Waals surface area contributed by atoms with Gasteiger partial charge < -0.3 is 10.1 Å². The number of hydrogen-bond acceptors (Lipinski definition) is 4. The minimum absolute atomic E-state index is 0.133. The van der Waals surface area contributed by atoms with Gasteiger partial charge in [0.25, 0.3) is 5.91 Å². The molecule has 0 atom stereocenters. The van der Waals surface area contributed by atoms with E-state index in [4.69, 9.17) is 4.74 Å². The molecule has 6 heteroatoms. The predicted octanol–water partition coefficient (Wildman–Crippen LogP) is 4.63. The maximum Gasteiger partial charge on any atom is 0.341 e. The van der Waals surface area contributed by atoms with E-state index in [1.165, 1.54) is 35.3 Å². The van der Waals surface area contributed by atoms with Crippen molar-refractivity contribution in [1.29, 1.82) is 0 Å². The van der Waals surface area contributed by atoms with Gasteiger partial charge in [-0.25, -0.2) is 4.79 Å². The summed E-state index contributed by atoms with van der Waals surface area (Å²) in [5.74, 6) is 0.0661. The number of nitrogens with one attached hydrogen (secondary N) is 1. The minimum atomic E-state index is -0.359. The van der Waals surface area contributed by atoms with Gasteiger partial charge in [-0.15, -0.1) is 11.3 Å². The van der Waals surface area contributed by atoms with Crippen LogP contribution in [0.3, 0.4) is 0 Å². The Balaban J connectivity index is 1.74. The number of pyridine rings is 1. The maximum atomic E-state index is 12.7. The molecule has 1 aliphatic carbocycles. The molecule has 3 rings (SSSR count). The van der Waals surface area contributed by atoms with Crippen molar-refractivity contribution in [3.63, 3.8) is 0 Å². The number of anilines is 1. The number of methoxy groups -OCH3 is 1. The van der Waals surface area contributed by atoms with Crippen molar-refractivity contribution in [3.05, 3.63) is 46.1 Å². The van der Waals surface area contributed by atoms with Gasteiger partial charge in [-0.3, -0.25) is 4.79 Å². The number of esters is 1. The normalized spacial score (nSPS) is 13.7. The standard InChI is InChI=1S/C23H30N2O3S/c1-4-16(5-2)17-11-13-25(14-12-17)15-20(26)24-22-21(23(27)28-3)18-9-7-6-8-10-19(18)29-22/h11-14,16H,4-10,15H2,1-3H3/p+1. The van der Waals surface area contributed by atoms with Crippen molar-refractivity contribution >= 4 is 28.2 Å². The molecular formula is C23H31N2O3S+. The highest BCUT2D eigenvalue weighted by molar-refractivity contribution is 7.17. The van der Waals surface area contributed by atoms with Crippen LogP contribution in [-0.2, 0) is 28.9 Å². The molecule has 0 radical (unpaired) electrons. The highest BCUT2D eigenvalue weighted by Gasteiger charge is 2.26. The first-order valence-electron chi connectivity index (χ1n) is 10.6. The minimum Gasteiger partial charge on any atom is -0.465 e. The van der Waals surface area contributed by atoms with Crippen molar-refractivity contribution in [2.24, 2.45) is 0 Å². The van der Waals surface area contributed by atoms with Gasteiger partial charge in [0.05, 0.1) is 12.7 Å². The zero-order valence-electron chi connectivity index (χ0n) is 17.6. The van der Waals surface area contributed by atoms with Crippen LogP contribution in [0.1, 0.15) is 78.2 Å². The lowest BCUT2D eigenvalue weighted by atomic mass is 9.95. The lowest BCUT2D eigenvalue weighted by molar-refractivity contribution is -0.684. The maximum absolute atomic E-state index is 12.7. The van der Waals surface area contributed by atoms with Crippen LogP contribution in [0.5, 0.6) is 0 Å². The average molecular weight is 416 g/mol. The van der Waals surface area contributed by atoms with E-state index in [9.17, 15) is 9.59 Å². The summed E-state index contributed by atoms with van der Waals surface area (Å²) in [6.07, 6.45) is 11.3. The zero-order valence-corrected chi connectivity index (χ0v) is 18.4. The molecule has 2 aromatic heterocycles. The number of nitrogens with zero attached hydrogens (tertiary/aromatic N) is 1. The van der Waals surface area contributed by atoms with Crippen LogP contribution in [0.15, 0.2) is 24.5 Å². The Labute approximate surface area is 177 Å². The van der Waals surface area contributed by atoms with Crippen molar-refractivity contribution in [3.8, 4) is 0 Å². The quantitative estimate of drug-likeness (QED) is 0.407. The predicted molar refractivity (Wildman–Crippen MR) is 116 cm³/mol. The summed E-state index contributed by atoms with van der Waals surface area (Å²) in [7, 11) is 1.39. The molecule has 0 bridgehead atoms. The summed E-state index contributed by atoms with van der Waals surface area (Å²) < 4.78 is 6.88.